The van der Waals surface area contributed by atoms with E-state index < -0.39 is 0 Å². The van der Waals surface area contributed by atoms with E-state index >= 15 is 0 Å². The third kappa shape index (κ3) is 2.46. The Labute approximate surface area is 74.9 Å². The molecule has 0 aromatic heterocycles. The summed E-state index contributed by atoms with van der Waals surface area (Å²) in [6.45, 7) is 6.30. The Balaban J connectivity index is 2.54. The van der Waals surface area contributed by atoms with Crippen LogP contribution in [0.4, 0.5) is 0 Å². The fraction of sp³-hybridized carbons (Fsp3) is 1.00. The SMILES string of the molecule is CC(C)[C@H]1O[C@H](C)CCC[C@@H]1O. The van der Waals surface area contributed by atoms with E-state index in [-0.39, 0.29) is 12.2 Å². The van der Waals surface area contributed by atoms with Crippen molar-refractivity contribution in [2.24, 2.45) is 5.92 Å². The van der Waals surface area contributed by atoms with Gasteiger partial charge in [-0.05, 0) is 32.1 Å². The highest BCUT2D eigenvalue weighted by Gasteiger charge is 2.27. The van der Waals surface area contributed by atoms with E-state index in [1.807, 2.05) is 0 Å². The molecule has 3 atom stereocenters. The maximum atomic E-state index is 9.71. The van der Waals surface area contributed by atoms with Gasteiger partial charge in [0.05, 0.1) is 18.3 Å². The molecule has 0 amide bonds. The van der Waals surface area contributed by atoms with Crippen molar-refractivity contribution >= 4 is 0 Å². The molecule has 0 bridgehead atoms. The van der Waals surface area contributed by atoms with Gasteiger partial charge in [-0.3, -0.25) is 0 Å². The van der Waals surface area contributed by atoms with Crippen molar-refractivity contribution in [2.45, 2.75) is 58.3 Å². The predicted octanol–water partition coefficient (Wildman–Crippen LogP) is 1.96. The third-order valence-electron chi connectivity index (χ3n) is 2.54. The van der Waals surface area contributed by atoms with Crippen LogP contribution in [0, 0.1) is 5.92 Å². The van der Waals surface area contributed by atoms with E-state index in [2.05, 4.69) is 20.8 Å². The van der Waals surface area contributed by atoms with E-state index in [1.165, 1.54) is 0 Å². The summed E-state index contributed by atoms with van der Waals surface area (Å²) in [6, 6.07) is 0. The maximum Gasteiger partial charge on any atom is 0.0860 e. The highest BCUT2D eigenvalue weighted by atomic mass is 16.5. The summed E-state index contributed by atoms with van der Waals surface area (Å²) >= 11 is 0. The molecule has 0 radical (unpaired) electrons. The van der Waals surface area contributed by atoms with Gasteiger partial charge in [0.1, 0.15) is 0 Å². The molecule has 1 aliphatic rings. The van der Waals surface area contributed by atoms with Gasteiger partial charge >= 0.3 is 0 Å². The summed E-state index contributed by atoms with van der Waals surface area (Å²) in [5.41, 5.74) is 0. The van der Waals surface area contributed by atoms with Gasteiger partial charge in [-0.1, -0.05) is 13.8 Å². The van der Waals surface area contributed by atoms with Crippen LogP contribution in [0.15, 0.2) is 0 Å². The van der Waals surface area contributed by atoms with Crippen LogP contribution in [-0.2, 0) is 4.74 Å². The largest absolute Gasteiger partial charge is 0.390 e. The van der Waals surface area contributed by atoms with E-state index in [4.69, 9.17) is 4.74 Å². The van der Waals surface area contributed by atoms with Crippen LogP contribution >= 0.6 is 0 Å². The molecule has 0 aromatic rings. The summed E-state index contributed by atoms with van der Waals surface area (Å²) in [6.07, 6.45) is 3.17. The second kappa shape index (κ2) is 4.24. The molecule has 2 nitrogen and oxygen atoms in total. The molecule has 72 valence electrons. The highest BCUT2D eigenvalue weighted by molar-refractivity contribution is 4.77. The van der Waals surface area contributed by atoms with Crippen molar-refractivity contribution in [1.82, 2.24) is 0 Å². The van der Waals surface area contributed by atoms with Gasteiger partial charge < -0.3 is 9.84 Å². The summed E-state index contributed by atoms with van der Waals surface area (Å²) < 4.78 is 5.73. The van der Waals surface area contributed by atoms with Crippen molar-refractivity contribution in [3.05, 3.63) is 0 Å². The minimum Gasteiger partial charge on any atom is -0.390 e. The molecule has 1 aliphatic heterocycles. The molecule has 0 aliphatic carbocycles. The standard InChI is InChI=1S/C10H20O2/c1-7(2)10-9(11)6-4-5-8(3)12-10/h7-11H,4-6H2,1-3H3/t8-,9+,10-/m1/s1. The molecule has 0 spiro atoms. The van der Waals surface area contributed by atoms with Gasteiger partial charge in [0.15, 0.2) is 0 Å². The first-order valence-corrected chi connectivity index (χ1v) is 4.94. The molecule has 0 unspecified atom stereocenters. The first kappa shape index (κ1) is 10.0. The maximum absolute atomic E-state index is 9.71. The van der Waals surface area contributed by atoms with E-state index in [0.29, 0.717) is 12.0 Å². The Morgan fingerprint density at radius 1 is 1.33 bits per heavy atom. The van der Waals surface area contributed by atoms with E-state index in [9.17, 15) is 5.11 Å². The molecule has 1 fully saturated rings. The zero-order valence-electron chi connectivity index (χ0n) is 8.29. The van der Waals surface area contributed by atoms with Crippen molar-refractivity contribution in [3.8, 4) is 0 Å². The average Bonchev–Trinajstić information content (AvgIpc) is 2.13. The first-order valence-electron chi connectivity index (χ1n) is 4.94. The minimum atomic E-state index is -0.255. The number of hydrogen-bond acceptors (Lipinski definition) is 2. The lowest BCUT2D eigenvalue weighted by molar-refractivity contribution is -0.0803. The topological polar surface area (TPSA) is 29.5 Å². The lowest BCUT2D eigenvalue weighted by atomic mass is 9.99. The monoisotopic (exact) mass is 172 g/mol. The van der Waals surface area contributed by atoms with Gasteiger partial charge in [0, 0.05) is 0 Å². The smallest absolute Gasteiger partial charge is 0.0860 e. The van der Waals surface area contributed by atoms with E-state index in [1.54, 1.807) is 0 Å². The van der Waals surface area contributed by atoms with Crippen molar-refractivity contribution in [3.63, 3.8) is 0 Å². The minimum absolute atomic E-state index is 0.0440. The van der Waals surface area contributed by atoms with Crippen LogP contribution in [0.25, 0.3) is 0 Å². The number of rotatable bonds is 1. The normalized spacial score (nSPS) is 38.2. The molecule has 1 N–H and O–H groups in total. The van der Waals surface area contributed by atoms with Crippen LogP contribution in [0.1, 0.15) is 40.0 Å². The van der Waals surface area contributed by atoms with Gasteiger partial charge in [0.2, 0.25) is 0 Å². The number of aliphatic hydroxyl groups is 1. The molecule has 12 heavy (non-hydrogen) atoms. The molecular weight excluding hydrogens is 152 g/mol. The number of aliphatic hydroxyl groups excluding tert-OH is 1. The Morgan fingerprint density at radius 2 is 2.00 bits per heavy atom. The second-order valence-corrected chi connectivity index (χ2v) is 4.15. The Bertz CT molecular complexity index is 134. The lowest BCUT2D eigenvalue weighted by Crippen LogP contribution is -2.34. The zero-order valence-corrected chi connectivity index (χ0v) is 8.29. The molecular formula is C10H20O2. The average molecular weight is 172 g/mol. The summed E-state index contributed by atoms with van der Waals surface area (Å²) in [7, 11) is 0. The van der Waals surface area contributed by atoms with Crippen molar-refractivity contribution in [2.75, 3.05) is 0 Å². The Morgan fingerprint density at radius 3 is 2.58 bits per heavy atom. The molecule has 0 aromatic carbocycles. The van der Waals surface area contributed by atoms with Crippen molar-refractivity contribution < 1.29 is 9.84 Å². The van der Waals surface area contributed by atoms with Crippen LogP contribution in [0.2, 0.25) is 0 Å². The highest BCUT2D eigenvalue weighted by Crippen LogP contribution is 2.23. The van der Waals surface area contributed by atoms with E-state index in [0.717, 1.165) is 19.3 Å². The fourth-order valence-electron chi connectivity index (χ4n) is 1.81. The van der Waals surface area contributed by atoms with Gasteiger partial charge in [-0.25, -0.2) is 0 Å². The third-order valence-corrected chi connectivity index (χ3v) is 2.54. The van der Waals surface area contributed by atoms with Gasteiger partial charge in [-0.15, -0.1) is 0 Å². The summed E-state index contributed by atoms with van der Waals surface area (Å²) in [4.78, 5) is 0. The molecule has 1 heterocycles. The number of hydrogen-bond donors (Lipinski definition) is 1. The first-order chi connectivity index (χ1) is 5.61. The quantitative estimate of drug-likeness (QED) is 0.655. The van der Waals surface area contributed by atoms with Crippen LogP contribution in [0.3, 0.4) is 0 Å². The van der Waals surface area contributed by atoms with Gasteiger partial charge in [-0.2, -0.15) is 0 Å². The van der Waals surface area contributed by atoms with Crippen LogP contribution in [0.5, 0.6) is 0 Å². The molecule has 1 saturated heterocycles. The molecule has 0 saturated carbocycles. The predicted molar refractivity (Wildman–Crippen MR) is 49.0 cm³/mol. The Kier molecular flexibility index (Phi) is 3.53. The molecule has 2 heteroatoms. The Hall–Kier alpha value is -0.0800. The zero-order chi connectivity index (χ0) is 9.14. The fourth-order valence-corrected chi connectivity index (χ4v) is 1.81. The van der Waals surface area contributed by atoms with Gasteiger partial charge in [0.25, 0.3) is 0 Å². The van der Waals surface area contributed by atoms with Crippen LogP contribution in [-0.4, -0.2) is 23.4 Å². The molecule has 1 rings (SSSR count). The number of ether oxygens (including phenoxy) is 1. The second-order valence-electron chi connectivity index (χ2n) is 4.15. The van der Waals surface area contributed by atoms with Crippen molar-refractivity contribution in [1.29, 1.82) is 0 Å². The summed E-state index contributed by atoms with van der Waals surface area (Å²) in [5, 5.41) is 9.71. The summed E-state index contributed by atoms with van der Waals surface area (Å²) in [5.74, 6) is 0.417. The lowest BCUT2D eigenvalue weighted by Gasteiger charge is -2.26. The van der Waals surface area contributed by atoms with Crippen LogP contribution < -0.4 is 0 Å².